The Bertz CT molecular complexity index is 579. The third kappa shape index (κ3) is 5.28. The minimum atomic E-state index is -0.604. The molecule has 124 valence electrons. The molecule has 0 radical (unpaired) electrons. The molecule has 2 aromatic rings. The second-order valence-electron chi connectivity index (χ2n) is 4.55. The maximum atomic E-state index is 12.4. The Hall–Kier alpha value is -2.01. The Labute approximate surface area is 138 Å². The molecule has 0 N–H and O–H groups in total. The third-order valence-corrected chi connectivity index (χ3v) is 3.21. The van der Waals surface area contributed by atoms with E-state index in [9.17, 15) is 8.78 Å². The van der Waals surface area contributed by atoms with Crippen molar-refractivity contribution in [2.45, 2.75) is 6.61 Å². The second kappa shape index (κ2) is 9.20. The molecule has 6 heteroatoms. The van der Waals surface area contributed by atoms with Crippen LogP contribution in [-0.2, 0) is 6.61 Å². The van der Waals surface area contributed by atoms with Gasteiger partial charge in [-0.3, -0.25) is 0 Å². The smallest absolute Gasteiger partial charge is 0.129 e. The number of alkyl halides is 2. The van der Waals surface area contributed by atoms with Gasteiger partial charge in [-0.05, 0) is 36.4 Å². The van der Waals surface area contributed by atoms with Crippen LogP contribution in [0.15, 0.2) is 42.5 Å². The highest BCUT2D eigenvalue weighted by Crippen LogP contribution is 2.30. The van der Waals surface area contributed by atoms with Crippen LogP contribution in [0.2, 0.25) is 5.02 Å². The Morgan fingerprint density at radius 2 is 1.35 bits per heavy atom. The van der Waals surface area contributed by atoms with E-state index in [0.717, 1.165) is 0 Å². The fourth-order valence-corrected chi connectivity index (χ4v) is 2.07. The summed E-state index contributed by atoms with van der Waals surface area (Å²) in [6, 6.07) is 12.0. The first-order chi connectivity index (χ1) is 11.2. The number of benzene rings is 2. The standard InChI is InChI=1S/C17H17ClF2O3/c18-13-4-6-14(7-5-13)23-12-15-16(21-10-8-19)2-1-3-17(15)22-11-9-20/h1-7H,8-12H2. The van der Waals surface area contributed by atoms with Crippen LogP contribution in [0.4, 0.5) is 8.78 Å². The summed E-state index contributed by atoms with van der Waals surface area (Å²) in [5, 5.41) is 0.607. The summed E-state index contributed by atoms with van der Waals surface area (Å²) in [7, 11) is 0. The van der Waals surface area contributed by atoms with Gasteiger partial charge in [0.1, 0.15) is 50.4 Å². The second-order valence-corrected chi connectivity index (χ2v) is 4.99. The normalized spacial score (nSPS) is 10.4. The zero-order valence-electron chi connectivity index (χ0n) is 12.4. The van der Waals surface area contributed by atoms with Crippen LogP contribution in [0.5, 0.6) is 17.2 Å². The molecule has 2 aromatic carbocycles. The molecule has 0 unspecified atom stereocenters. The molecule has 0 fully saturated rings. The van der Waals surface area contributed by atoms with Gasteiger partial charge in [-0.2, -0.15) is 0 Å². The van der Waals surface area contributed by atoms with Gasteiger partial charge in [0.15, 0.2) is 0 Å². The van der Waals surface area contributed by atoms with Crippen LogP contribution >= 0.6 is 11.6 Å². The molecular weight excluding hydrogens is 326 g/mol. The van der Waals surface area contributed by atoms with Gasteiger partial charge in [0.25, 0.3) is 0 Å². The molecule has 0 aromatic heterocycles. The van der Waals surface area contributed by atoms with E-state index in [4.69, 9.17) is 25.8 Å². The summed E-state index contributed by atoms with van der Waals surface area (Å²) in [6.45, 7) is -1.20. The van der Waals surface area contributed by atoms with Crippen molar-refractivity contribution in [3.63, 3.8) is 0 Å². The molecule has 0 amide bonds. The van der Waals surface area contributed by atoms with E-state index >= 15 is 0 Å². The first kappa shape index (κ1) is 17.3. The fraction of sp³-hybridized carbons (Fsp3) is 0.294. The van der Waals surface area contributed by atoms with E-state index in [0.29, 0.717) is 27.8 Å². The number of ether oxygens (including phenoxy) is 3. The number of rotatable bonds is 9. The van der Waals surface area contributed by atoms with Crippen molar-refractivity contribution in [3.8, 4) is 17.2 Å². The monoisotopic (exact) mass is 342 g/mol. The Kier molecular flexibility index (Phi) is 6.94. The molecule has 0 aliphatic heterocycles. The average molecular weight is 343 g/mol. The molecule has 0 bridgehead atoms. The molecule has 0 aliphatic carbocycles. The Balaban J connectivity index is 2.16. The maximum absolute atomic E-state index is 12.4. The van der Waals surface area contributed by atoms with Crippen molar-refractivity contribution in [2.75, 3.05) is 26.6 Å². The summed E-state index contributed by atoms with van der Waals surface area (Å²) < 4.78 is 41.1. The molecule has 0 aliphatic rings. The van der Waals surface area contributed by atoms with Crippen LogP contribution in [0.25, 0.3) is 0 Å². The molecule has 3 nitrogen and oxygen atoms in total. The van der Waals surface area contributed by atoms with Gasteiger partial charge >= 0.3 is 0 Å². The highest BCUT2D eigenvalue weighted by Gasteiger charge is 2.12. The summed E-state index contributed by atoms with van der Waals surface area (Å²) in [5.41, 5.74) is 0.601. The lowest BCUT2D eigenvalue weighted by Crippen LogP contribution is -2.08. The topological polar surface area (TPSA) is 27.7 Å². The molecule has 23 heavy (non-hydrogen) atoms. The lowest BCUT2D eigenvalue weighted by molar-refractivity contribution is 0.238. The average Bonchev–Trinajstić information content (AvgIpc) is 2.58. The van der Waals surface area contributed by atoms with Crippen LogP contribution in [-0.4, -0.2) is 26.6 Å². The zero-order valence-corrected chi connectivity index (χ0v) is 13.2. The number of hydrogen-bond acceptors (Lipinski definition) is 3. The van der Waals surface area contributed by atoms with E-state index in [1.807, 2.05) is 0 Å². The molecular formula is C17H17ClF2O3. The predicted molar refractivity (Wildman–Crippen MR) is 85.2 cm³/mol. The molecule has 0 atom stereocenters. The van der Waals surface area contributed by atoms with Gasteiger partial charge in [-0.15, -0.1) is 0 Å². The summed E-state index contributed by atoms with van der Waals surface area (Å²) >= 11 is 5.83. The van der Waals surface area contributed by atoms with Crippen LogP contribution in [0.1, 0.15) is 5.56 Å². The van der Waals surface area contributed by atoms with Crippen molar-refractivity contribution in [1.82, 2.24) is 0 Å². The van der Waals surface area contributed by atoms with Crippen LogP contribution in [0, 0.1) is 0 Å². The highest BCUT2D eigenvalue weighted by atomic mass is 35.5. The van der Waals surface area contributed by atoms with Crippen molar-refractivity contribution in [3.05, 3.63) is 53.1 Å². The van der Waals surface area contributed by atoms with Gasteiger partial charge in [0, 0.05) is 5.02 Å². The predicted octanol–water partition coefficient (Wildman–Crippen LogP) is 4.62. The molecule has 0 heterocycles. The number of hydrogen-bond donors (Lipinski definition) is 0. The van der Waals surface area contributed by atoms with E-state index in [-0.39, 0.29) is 19.8 Å². The van der Waals surface area contributed by atoms with E-state index in [1.165, 1.54) is 0 Å². The third-order valence-electron chi connectivity index (χ3n) is 2.96. The van der Waals surface area contributed by atoms with Crippen LogP contribution < -0.4 is 14.2 Å². The SMILES string of the molecule is FCCOc1cccc(OCCF)c1COc1ccc(Cl)cc1. The first-order valence-corrected chi connectivity index (χ1v) is 7.50. The van der Waals surface area contributed by atoms with Gasteiger partial charge in [-0.1, -0.05) is 17.7 Å². The van der Waals surface area contributed by atoms with E-state index in [2.05, 4.69) is 0 Å². The van der Waals surface area contributed by atoms with Crippen molar-refractivity contribution in [2.24, 2.45) is 0 Å². The number of halogens is 3. The summed E-state index contributed by atoms with van der Waals surface area (Å²) in [4.78, 5) is 0. The largest absolute Gasteiger partial charge is 0.490 e. The first-order valence-electron chi connectivity index (χ1n) is 7.12. The van der Waals surface area contributed by atoms with Crippen molar-refractivity contribution in [1.29, 1.82) is 0 Å². The molecule has 2 rings (SSSR count). The van der Waals surface area contributed by atoms with Gasteiger partial charge in [-0.25, -0.2) is 8.78 Å². The van der Waals surface area contributed by atoms with Gasteiger partial charge < -0.3 is 14.2 Å². The van der Waals surface area contributed by atoms with Gasteiger partial charge in [0.05, 0.1) is 5.56 Å². The van der Waals surface area contributed by atoms with Gasteiger partial charge in [0.2, 0.25) is 0 Å². The lowest BCUT2D eigenvalue weighted by Gasteiger charge is -2.16. The van der Waals surface area contributed by atoms with Crippen LogP contribution in [0.3, 0.4) is 0 Å². The maximum Gasteiger partial charge on any atom is 0.129 e. The lowest BCUT2D eigenvalue weighted by atomic mass is 10.2. The minimum absolute atomic E-state index is 0.0689. The highest BCUT2D eigenvalue weighted by molar-refractivity contribution is 6.30. The molecule has 0 saturated carbocycles. The van der Waals surface area contributed by atoms with Crippen molar-refractivity contribution >= 4 is 11.6 Å². The Morgan fingerprint density at radius 1 is 0.783 bits per heavy atom. The summed E-state index contributed by atoms with van der Waals surface area (Å²) in [5.74, 6) is 1.52. The molecule has 0 saturated heterocycles. The molecule has 0 spiro atoms. The minimum Gasteiger partial charge on any atom is -0.490 e. The van der Waals surface area contributed by atoms with Crippen molar-refractivity contribution < 1.29 is 23.0 Å². The quantitative estimate of drug-likeness (QED) is 0.665. The summed E-state index contributed by atoms with van der Waals surface area (Å²) in [6.07, 6.45) is 0. The Morgan fingerprint density at radius 3 is 1.87 bits per heavy atom. The zero-order chi connectivity index (χ0) is 16.5. The van der Waals surface area contributed by atoms with E-state index < -0.39 is 13.3 Å². The fourth-order valence-electron chi connectivity index (χ4n) is 1.94. The van der Waals surface area contributed by atoms with E-state index in [1.54, 1.807) is 42.5 Å².